The average Bonchev–Trinajstić information content (AvgIpc) is 2.65. The van der Waals surface area contributed by atoms with Gasteiger partial charge < -0.3 is 10.6 Å². The van der Waals surface area contributed by atoms with Crippen LogP contribution in [0.5, 0.6) is 0 Å². The van der Waals surface area contributed by atoms with E-state index in [1.807, 2.05) is 19.1 Å². The number of aryl methyl sites for hydroxylation is 1. The zero-order chi connectivity index (χ0) is 18.4. The second kappa shape index (κ2) is 10.6. The Morgan fingerprint density at radius 3 is 2.67 bits per heavy atom. The van der Waals surface area contributed by atoms with E-state index in [-0.39, 0.29) is 18.3 Å². The first kappa shape index (κ1) is 21.7. The molecule has 3 rings (SSSR count). The zero-order valence-corrected chi connectivity index (χ0v) is 17.4. The van der Waals surface area contributed by atoms with Crippen LogP contribution in [-0.4, -0.2) is 29.0 Å². The van der Waals surface area contributed by atoms with Gasteiger partial charge in [-0.05, 0) is 86.3 Å². The van der Waals surface area contributed by atoms with Crippen molar-refractivity contribution < 1.29 is 4.79 Å². The number of benzene rings is 1. The third kappa shape index (κ3) is 6.48. The van der Waals surface area contributed by atoms with Gasteiger partial charge in [0, 0.05) is 29.4 Å². The van der Waals surface area contributed by atoms with Crippen molar-refractivity contribution in [3.8, 4) is 0 Å². The first-order valence-electron chi connectivity index (χ1n) is 9.18. The van der Waals surface area contributed by atoms with Gasteiger partial charge in [-0.15, -0.1) is 12.4 Å². The molecule has 1 atom stereocenters. The van der Waals surface area contributed by atoms with E-state index in [1.165, 1.54) is 24.6 Å². The summed E-state index contributed by atoms with van der Waals surface area (Å²) in [7, 11) is 0. The van der Waals surface area contributed by atoms with Gasteiger partial charge in [0.2, 0.25) is 5.91 Å². The van der Waals surface area contributed by atoms with Crippen molar-refractivity contribution in [2.24, 2.45) is 11.8 Å². The first-order valence-corrected chi connectivity index (χ1v) is 9.99. The van der Waals surface area contributed by atoms with Crippen molar-refractivity contribution in [1.82, 2.24) is 15.3 Å². The number of nitrogens with zero attached hydrogens (tertiary/aromatic N) is 2. The number of aromatic nitrogens is 2. The number of carbonyl (C=O) groups excluding carboxylic acids is 1. The summed E-state index contributed by atoms with van der Waals surface area (Å²) < 4.78 is 0. The zero-order valence-electron chi connectivity index (χ0n) is 15.8. The second-order valence-electron chi connectivity index (χ2n) is 6.93. The third-order valence-electron chi connectivity index (χ3n) is 4.92. The number of piperidine rings is 1. The lowest BCUT2D eigenvalue weighted by Crippen LogP contribution is -2.32. The molecule has 0 bridgehead atoms. The predicted octanol–water partition coefficient (Wildman–Crippen LogP) is 4.32. The van der Waals surface area contributed by atoms with Gasteiger partial charge >= 0.3 is 0 Å². The number of hydrogen-bond acceptors (Lipinski definition) is 5. The molecule has 2 aromatic rings. The lowest BCUT2D eigenvalue weighted by atomic mass is 9.84. The smallest absolute Gasteiger partial charge is 0.224 e. The molecule has 27 heavy (non-hydrogen) atoms. The van der Waals surface area contributed by atoms with Gasteiger partial charge in [-0.25, -0.2) is 9.97 Å². The fraction of sp³-hybridized carbons (Fsp3) is 0.450. The molecule has 1 aliphatic heterocycles. The van der Waals surface area contributed by atoms with Crippen molar-refractivity contribution in [3.63, 3.8) is 0 Å². The molecule has 7 heteroatoms. The molecule has 1 aromatic carbocycles. The number of rotatable bonds is 6. The number of amides is 1. The highest BCUT2D eigenvalue weighted by molar-refractivity contribution is 7.99. The normalized spacial score (nSPS) is 15.6. The molecule has 0 spiro atoms. The summed E-state index contributed by atoms with van der Waals surface area (Å²) in [5.74, 6) is 1.17. The molecule has 1 fully saturated rings. The van der Waals surface area contributed by atoms with E-state index in [2.05, 4.69) is 33.6 Å². The van der Waals surface area contributed by atoms with Crippen LogP contribution in [0.4, 0.5) is 5.69 Å². The van der Waals surface area contributed by atoms with Crippen LogP contribution in [0, 0.1) is 18.8 Å². The molecule has 0 saturated carbocycles. The molecule has 2 N–H and O–H groups in total. The summed E-state index contributed by atoms with van der Waals surface area (Å²) in [6, 6.07) is 7.83. The molecule has 146 valence electrons. The number of carbonyl (C=O) groups is 1. The summed E-state index contributed by atoms with van der Waals surface area (Å²) in [6.07, 6.45) is 6.39. The minimum atomic E-state index is 0. The van der Waals surface area contributed by atoms with E-state index in [1.54, 1.807) is 18.5 Å². The Balaban J connectivity index is 0.00000261. The van der Waals surface area contributed by atoms with E-state index in [9.17, 15) is 4.79 Å². The number of halogens is 1. The Morgan fingerprint density at radius 1 is 1.30 bits per heavy atom. The van der Waals surface area contributed by atoms with E-state index in [4.69, 9.17) is 0 Å². The maximum absolute atomic E-state index is 12.4. The first-order chi connectivity index (χ1) is 12.6. The topological polar surface area (TPSA) is 66.9 Å². The minimum Gasteiger partial charge on any atom is -0.326 e. The fourth-order valence-corrected chi connectivity index (χ4v) is 4.17. The second-order valence-corrected chi connectivity index (χ2v) is 7.97. The van der Waals surface area contributed by atoms with Crippen LogP contribution in [0.2, 0.25) is 0 Å². The Morgan fingerprint density at radius 2 is 2.00 bits per heavy atom. The molecule has 5 nitrogen and oxygen atoms in total. The van der Waals surface area contributed by atoms with E-state index >= 15 is 0 Å². The maximum Gasteiger partial charge on any atom is 0.224 e. The Bertz CT molecular complexity index is 738. The van der Waals surface area contributed by atoms with Crippen molar-refractivity contribution in [2.45, 2.75) is 43.2 Å². The van der Waals surface area contributed by atoms with Crippen LogP contribution in [0.1, 0.15) is 31.7 Å². The quantitative estimate of drug-likeness (QED) is 0.699. The molecule has 1 aromatic heterocycles. The van der Waals surface area contributed by atoms with Gasteiger partial charge in [-0.3, -0.25) is 4.79 Å². The van der Waals surface area contributed by atoms with E-state index in [0.717, 1.165) is 34.4 Å². The molecular formula is C20H27ClN4OS. The number of nitrogens with one attached hydrogen (secondary N) is 2. The van der Waals surface area contributed by atoms with Crippen LogP contribution in [0.3, 0.4) is 0 Å². The van der Waals surface area contributed by atoms with Crippen molar-refractivity contribution in [2.75, 3.05) is 18.4 Å². The number of anilines is 1. The molecule has 0 aliphatic carbocycles. The third-order valence-corrected chi connectivity index (χ3v) is 5.80. The van der Waals surface area contributed by atoms with Gasteiger partial charge in [0.25, 0.3) is 0 Å². The summed E-state index contributed by atoms with van der Waals surface area (Å²) in [5.41, 5.74) is 1.93. The van der Waals surface area contributed by atoms with Crippen LogP contribution in [0.25, 0.3) is 0 Å². The Hall–Kier alpha value is -1.63. The Labute approximate surface area is 171 Å². The summed E-state index contributed by atoms with van der Waals surface area (Å²) >= 11 is 1.52. The van der Waals surface area contributed by atoms with Gasteiger partial charge in [0.15, 0.2) is 5.16 Å². The lowest BCUT2D eigenvalue weighted by molar-refractivity contribution is -0.117. The molecule has 0 radical (unpaired) electrons. The fourth-order valence-electron chi connectivity index (χ4n) is 3.36. The highest BCUT2D eigenvalue weighted by Gasteiger charge is 2.22. The van der Waals surface area contributed by atoms with Crippen molar-refractivity contribution in [1.29, 1.82) is 0 Å². The lowest BCUT2D eigenvalue weighted by Gasteiger charge is -2.28. The molecule has 1 unspecified atom stereocenters. The SMILES string of the molecule is Cc1cc(Sc2ncccn2)ccc1NC(=O)CC(C)C1CCNCC1.Cl. The Kier molecular flexibility index (Phi) is 8.54. The average molecular weight is 407 g/mol. The van der Waals surface area contributed by atoms with Gasteiger partial charge in [-0.2, -0.15) is 0 Å². The van der Waals surface area contributed by atoms with Gasteiger partial charge in [0.1, 0.15) is 0 Å². The van der Waals surface area contributed by atoms with Crippen LogP contribution in [0.15, 0.2) is 46.7 Å². The standard InChI is InChI=1S/C20H26N4OS.ClH/c1-14(16-6-10-21-11-7-16)13-19(25)24-18-5-4-17(12-15(18)2)26-20-22-8-3-9-23-20;/h3-5,8-9,12,14,16,21H,6-7,10-11,13H2,1-2H3,(H,24,25);1H. The van der Waals surface area contributed by atoms with Crippen LogP contribution in [-0.2, 0) is 4.79 Å². The summed E-state index contributed by atoms with van der Waals surface area (Å²) in [4.78, 5) is 22.0. The van der Waals surface area contributed by atoms with Crippen molar-refractivity contribution in [3.05, 3.63) is 42.2 Å². The van der Waals surface area contributed by atoms with Crippen molar-refractivity contribution >= 4 is 35.8 Å². The van der Waals surface area contributed by atoms with Crippen LogP contribution >= 0.6 is 24.2 Å². The van der Waals surface area contributed by atoms with E-state index in [0.29, 0.717) is 18.3 Å². The molecule has 1 saturated heterocycles. The van der Waals surface area contributed by atoms with Gasteiger partial charge in [-0.1, -0.05) is 6.92 Å². The predicted molar refractivity (Wildman–Crippen MR) is 113 cm³/mol. The van der Waals surface area contributed by atoms with Gasteiger partial charge in [0.05, 0.1) is 0 Å². The highest BCUT2D eigenvalue weighted by atomic mass is 35.5. The minimum absolute atomic E-state index is 0. The number of hydrogen-bond donors (Lipinski definition) is 2. The largest absolute Gasteiger partial charge is 0.326 e. The van der Waals surface area contributed by atoms with Crippen LogP contribution < -0.4 is 10.6 Å². The summed E-state index contributed by atoms with van der Waals surface area (Å²) in [6.45, 7) is 6.35. The van der Waals surface area contributed by atoms with E-state index < -0.39 is 0 Å². The molecule has 1 aliphatic rings. The molecular weight excluding hydrogens is 380 g/mol. The maximum atomic E-state index is 12.4. The molecule has 1 amide bonds. The highest BCUT2D eigenvalue weighted by Crippen LogP contribution is 2.29. The monoisotopic (exact) mass is 406 g/mol. The molecule has 2 heterocycles. The summed E-state index contributed by atoms with van der Waals surface area (Å²) in [5, 5.41) is 7.18.